The van der Waals surface area contributed by atoms with Crippen LogP contribution in [0.4, 0.5) is 15.8 Å². The number of carboxylic acids is 1. The number of methoxy groups -OCH3 is 1. The maximum absolute atomic E-state index is 14.9. The van der Waals surface area contributed by atoms with Gasteiger partial charge in [-0.3, -0.25) is 19.5 Å². The zero-order valence-electron chi connectivity index (χ0n) is 19.7. The highest BCUT2D eigenvalue weighted by Gasteiger charge is 2.53. The van der Waals surface area contributed by atoms with E-state index in [-0.39, 0.29) is 23.5 Å². The van der Waals surface area contributed by atoms with Crippen molar-refractivity contribution < 1.29 is 28.6 Å². The Kier molecular flexibility index (Phi) is 6.04. The summed E-state index contributed by atoms with van der Waals surface area (Å²) < 4.78 is 20.2. The number of carboxylic acid groups (broad SMARTS) is 1. The van der Waals surface area contributed by atoms with Crippen LogP contribution < -0.4 is 20.1 Å². The molecule has 4 aromatic rings. The monoisotopic (exact) mass is 498 g/mol. The number of carbonyl (C=O) groups excluding carboxylic acids is 3. The van der Waals surface area contributed by atoms with Crippen molar-refractivity contribution >= 4 is 39.9 Å². The third-order valence-corrected chi connectivity index (χ3v) is 6.46. The van der Waals surface area contributed by atoms with Gasteiger partial charge in [-0.05, 0) is 42.5 Å². The van der Waals surface area contributed by atoms with E-state index < -0.39 is 35.6 Å². The Morgan fingerprint density at radius 1 is 1.03 bits per heavy atom. The number of carbonyl (C=O) groups is 3. The van der Waals surface area contributed by atoms with Crippen molar-refractivity contribution in [2.45, 2.75) is 18.4 Å². The fourth-order valence-electron chi connectivity index (χ4n) is 4.65. The van der Waals surface area contributed by atoms with Crippen LogP contribution in [0.2, 0.25) is 0 Å². The molecule has 1 aromatic heterocycles. The summed E-state index contributed by atoms with van der Waals surface area (Å²) in [4.78, 5) is 44.4. The predicted molar refractivity (Wildman–Crippen MR) is 132 cm³/mol. The molecule has 3 aromatic carbocycles. The van der Waals surface area contributed by atoms with Crippen molar-refractivity contribution in [1.82, 2.24) is 10.3 Å². The van der Waals surface area contributed by atoms with E-state index in [0.29, 0.717) is 11.3 Å². The summed E-state index contributed by atoms with van der Waals surface area (Å²) in [7, 11) is 1.45. The number of para-hydroxylation sites is 1. The molecule has 1 unspecified atom stereocenters. The van der Waals surface area contributed by atoms with E-state index in [1.165, 1.54) is 25.3 Å². The maximum Gasteiger partial charge on any atom is 0.271 e. The second-order valence-electron chi connectivity index (χ2n) is 8.62. The number of benzene rings is 3. The van der Waals surface area contributed by atoms with Gasteiger partial charge in [0.05, 0.1) is 18.5 Å². The van der Waals surface area contributed by atoms with Gasteiger partial charge in [-0.2, -0.15) is 0 Å². The number of hydrogen-bond donors (Lipinski definition) is 1. The highest BCUT2D eigenvalue weighted by Crippen LogP contribution is 2.48. The number of halogens is 1. The first-order chi connectivity index (χ1) is 17.8. The number of hydrogen-bond acceptors (Lipinski definition) is 6. The largest absolute Gasteiger partial charge is 0.550 e. The zero-order valence-corrected chi connectivity index (χ0v) is 19.7. The van der Waals surface area contributed by atoms with Crippen molar-refractivity contribution in [3.63, 3.8) is 0 Å². The molecular formula is C28H21FN3O5-. The number of ether oxygens (including phenoxy) is 1. The molecular weight excluding hydrogens is 477 g/mol. The lowest BCUT2D eigenvalue weighted by Crippen LogP contribution is -2.53. The number of fused-ring (bicyclic) bond motifs is 2. The van der Waals surface area contributed by atoms with Crippen LogP contribution in [0.5, 0.6) is 5.75 Å². The minimum absolute atomic E-state index is 0.0405. The quantitative estimate of drug-likeness (QED) is 0.419. The average molecular weight is 498 g/mol. The number of anilines is 2. The number of nitrogens with zero attached hydrogens (tertiary/aromatic N) is 2. The van der Waals surface area contributed by atoms with E-state index >= 15 is 0 Å². The highest BCUT2D eigenvalue weighted by atomic mass is 19.1. The average Bonchev–Trinajstić information content (AvgIpc) is 3.14. The van der Waals surface area contributed by atoms with Crippen LogP contribution in [0.15, 0.2) is 79.0 Å². The van der Waals surface area contributed by atoms with E-state index in [1.54, 1.807) is 36.5 Å². The van der Waals surface area contributed by atoms with E-state index in [1.807, 2.05) is 24.3 Å². The molecule has 0 saturated carbocycles. The molecule has 186 valence electrons. The molecule has 2 amide bonds. The smallest absolute Gasteiger partial charge is 0.271 e. The number of nitrogens with one attached hydrogen (secondary N) is 1. The number of aliphatic carboxylic acids is 1. The fourth-order valence-corrected chi connectivity index (χ4v) is 4.65. The van der Waals surface area contributed by atoms with Crippen LogP contribution in [0, 0.1) is 5.82 Å². The summed E-state index contributed by atoms with van der Waals surface area (Å²) >= 11 is 0. The van der Waals surface area contributed by atoms with Crippen molar-refractivity contribution in [3.05, 3.63) is 96.1 Å². The van der Waals surface area contributed by atoms with Gasteiger partial charge < -0.3 is 20.0 Å². The van der Waals surface area contributed by atoms with Crippen LogP contribution in [0.1, 0.15) is 28.9 Å². The molecule has 0 saturated heterocycles. The Hall–Kier alpha value is -4.79. The topological polar surface area (TPSA) is 112 Å². The number of pyridine rings is 1. The third-order valence-electron chi connectivity index (χ3n) is 6.46. The molecule has 0 fully saturated rings. The van der Waals surface area contributed by atoms with Crippen LogP contribution in [0.25, 0.3) is 10.8 Å². The molecule has 1 N–H and O–H groups in total. The Bertz CT molecular complexity index is 1560. The van der Waals surface area contributed by atoms with Crippen molar-refractivity contribution in [3.8, 4) is 5.75 Å². The second-order valence-corrected chi connectivity index (χ2v) is 8.62. The van der Waals surface area contributed by atoms with Crippen LogP contribution in [-0.4, -0.2) is 29.9 Å². The molecule has 0 spiro atoms. The molecule has 2 heterocycles. The van der Waals surface area contributed by atoms with Crippen molar-refractivity contribution in [2.24, 2.45) is 0 Å². The van der Waals surface area contributed by atoms with Gasteiger partial charge in [0.2, 0.25) is 0 Å². The third kappa shape index (κ3) is 4.14. The SMILES string of the molecule is COc1ccc2c(c1)N(c1ccccc1F)C(=O)C2(CCC(=O)[O-])NC(=O)c1cc2ccccc2cn1. The summed E-state index contributed by atoms with van der Waals surface area (Å²) in [6.45, 7) is 0. The molecule has 1 atom stereocenters. The second kappa shape index (κ2) is 9.34. The minimum Gasteiger partial charge on any atom is -0.550 e. The summed E-state index contributed by atoms with van der Waals surface area (Å²) in [6.07, 6.45) is 0.685. The Morgan fingerprint density at radius 2 is 1.76 bits per heavy atom. The lowest BCUT2D eigenvalue weighted by molar-refractivity contribution is -0.306. The molecule has 8 nitrogen and oxygen atoms in total. The van der Waals surface area contributed by atoms with Gasteiger partial charge in [-0.15, -0.1) is 0 Å². The molecule has 37 heavy (non-hydrogen) atoms. The number of aromatic nitrogens is 1. The Balaban J connectivity index is 1.65. The standard InChI is InChI=1S/C28H22FN3O5/c1-37-19-10-11-20-24(15-19)32(23-9-5-4-8-21(23)29)27(36)28(20,13-12-25(33)34)31-26(35)22-14-17-6-2-3-7-18(17)16-30-22/h2-11,14-16H,12-13H2,1H3,(H,31,35)(H,33,34)/p-1. The first kappa shape index (κ1) is 23.9. The molecule has 0 radical (unpaired) electrons. The van der Waals surface area contributed by atoms with Crippen LogP contribution >= 0.6 is 0 Å². The van der Waals surface area contributed by atoms with E-state index in [9.17, 15) is 23.9 Å². The molecule has 0 bridgehead atoms. The van der Waals surface area contributed by atoms with Crippen LogP contribution in [-0.2, 0) is 15.1 Å². The van der Waals surface area contributed by atoms with Crippen molar-refractivity contribution in [2.75, 3.05) is 12.0 Å². The zero-order chi connectivity index (χ0) is 26.2. The fraction of sp³-hybridized carbons (Fsp3) is 0.143. The van der Waals surface area contributed by atoms with Crippen LogP contribution in [0.3, 0.4) is 0 Å². The maximum atomic E-state index is 14.9. The first-order valence-electron chi connectivity index (χ1n) is 11.5. The highest BCUT2D eigenvalue weighted by molar-refractivity contribution is 6.15. The molecule has 1 aliphatic rings. The molecule has 1 aliphatic heterocycles. The lowest BCUT2D eigenvalue weighted by Gasteiger charge is -2.30. The van der Waals surface area contributed by atoms with Crippen molar-refractivity contribution in [1.29, 1.82) is 0 Å². The van der Waals surface area contributed by atoms with Gasteiger partial charge in [-0.25, -0.2) is 4.39 Å². The lowest BCUT2D eigenvalue weighted by atomic mass is 9.86. The summed E-state index contributed by atoms with van der Waals surface area (Å²) in [6, 6.07) is 19.3. The summed E-state index contributed by atoms with van der Waals surface area (Å²) in [5.74, 6) is -3.07. The Morgan fingerprint density at radius 3 is 2.49 bits per heavy atom. The van der Waals surface area contributed by atoms with Gasteiger partial charge in [0.1, 0.15) is 22.8 Å². The molecule has 0 aliphatic carbocycles. The van der Waals surface area contributed by atoms with Gasteiger partial charge in [-0.1, -0.05) is 42.5 Å². The first-order valence-corrected chi connectivity index (χ1v) is 11.5. The number of rotatable bonds is 7. The van der Waals surface area contributed by atoms with E-state index in [0.717, 1.165) is 15.7 Å². The van der Waals surface area contributed by atoms with Gasteiger partial charge in [0, 0.05) is 29.2 Å². The predicted octanol–water partition coefficient (Wildman–Crippen LogP) is 3.22. The normalized spacial score (nSPS) is 16.5. The van der Waals surface area contributed by atoms with Gasteiger partial charge in [0.25, 0.3) is 11.8 Å². The van der Waals surface area contributed by atoms with Gasteiger partial charge >= 0.3 is 0 Å². The molecule has 9 heteroatoms. The Labute approximate surface area is 211 Å². The van der Waals surface area contributed by atoms with Gasteiger partial charge in [0.15, 0.2) is 0 Å². The summed E-state index contributed by atoms with van der Waals surface area (Å²) in [5.41, 5.74) is -1.26. The van der Waals surface area contributed by atoms with E-state index in [2.05, 4.69) is 10.3 Å². The summed E-state index contributed by atoms with van der Waals surface area (Å²) in [5, 5.41) is 15.8. The number of amides is 2. The van der Waals surface area contributed by atoms with E-state index in [4.69, 9.17) is 4.74 Å². The minimum atomic E-state index is -1.83. The molecule has 5 rings (SSSR count).